The van der Waals surface area contributed by atoms with Crippen LogP contribution in [-0.4, -0.2) is 59.4 Å². The molecule has 0 spiro atoms. The third kappa shape index (κ3) is 6.24. The van der Waals surface area contributed by atoms with Gasteiger partial charge in [0.25, 0.3) is 5.91 Å². The molecule has 11 heteroatoms. The van der Waals surface area contributed by atoms with E-state index in [2.05, 4.69) is 19.9 Å². The quantitative estimate of drug-likeness (QED) is 0.438. The molecule has 0 saturated carbocycles. The molecule has 2 aliphatic heterocycles. The van der Waals surface area contributed by atoms with Crippen molar-refractivity contribution >= 4 is 17.7 Å². The molecule has 5 rings (SSSR count). The van der Waals surface area contributed by atoms with E-state index in [1.165, 1.54) is 5.69 Å². The van der Waals surface area contributed by atoms with Gasteiger partial charge in [-0.05, 0) is 79.5 Å². The first-order chi connectivity index (χ1) is 19.2. The molecule has 0 bridgehead atoms. The number of hydrogen-bond acceptors (Lipinski definition) is 6. The number of benzene rings is 1. The second kappa shape index (κ2) is 11.6. The van der Waals surface area contributed by atoms with Crippen molar-refractivity contribution in [1.29, 1.82) is 0 Å². The molecule has 1 aromatic carbocycles. The third-order valence-corrected chi connectivity index (χ3v) is 7.89. The zero-order valence-corrected chi connectivity index (χ0v) is 21.9. The van der Waals surface area contributed by atoms with Crippen LogP contribution >= 0.6 is 0 Å². The molecule has 40 heavy (non-hydrogen) atoms. The van der Waals surface area contributed by atoms with E-state index in [0.29, 0.717) is 30.9 Å². The van der Waals surface area contributed by atoms with Crippen LogP contribution in [0.4, 0.5) is 23.7 Å². The van der Waals surface area contributed by atoms with Gasteiger partial charge in [0.2, 0.25) is 0 Å². The maximum atomic E-state index is 13.4. The summed E-state index contributed by atoms with van der Waals surface area (Å²) in [6, 6.07) is 9.19. The summed E-state index contributed by atoms with van der Waals surface area (Å²) in [5.41, 5.74) is 2.43. The molecule has 1 amide bonds. The van der Waals surface area contributed by atoms with Crippen LogP contribution in [0.25, 0.3) is 0 Å². The van der Waals surface area contributed by atoms with Crippen LogP contribution in [0.3, 0.4) is 0 Å². The molecule has 212 valence electrons. The predicted molar refractivity (Wildman–Crippen MR) is 142 cm³/mol. The number of carbonyl (C=O) groups excluding carboxylic acids is 1. The molecule has 3 heterocycles. The maximum Gasteiger partial charge on any atom is 0.511 e. The van der Waals surface area contributed by atoms with Crippen molar-refractivity contribution in [3.8, 4) is 0 Å². The molecular formula is C29H31F3N4O4. The number of anilines is 1. The van der Waals surface area contributed by atoms with Gasteiger partial charge in [-0.25, -0.2) is 4.79 Å². The lowest BCUT2D eigenvalue weighted by Gasteiger charge is -2.33. The second-order valence-electron chi connectivity index (χ2n) is 10.3. The zero-order valence-electron chi connectivity index (χ0n) is 21.9. The van der Waals surface area contributed by atoms with Crippen molar-refractivity contribution in [1.82, 2.24) is 15.2 Å². The predicted octanol–water partition coefficient (Wildman–Crippen LogP) is 5.45. The van der Waals surface area contributed by atoms with Gasteiger partial charge < -0.3 is 25.0 Å². The van der Waals surface area contributed by atoms with Crippen molar-refractivity contribution < 1.29 is 32.6 Å². The highest BCUT2D eigenvalue weighted by atomic mass is 19.4. The summed E-state index contributed by atoms with van der Waals surface area (Å²) < 4.78 is 44.6. The fraction of sp³-hybridized carbons (Fsp3) is 0.414. The van der Waals surface area contributed by atoms with E-state index in [9.17, 15) is 22.8 Å². The van der Waals surface area contributed by atoms with Crippen LogP contribution in [0.5, 0.6) is 0 Å². The monoisotopic (exact) mass is 556 g/mol. The lowest BCUT2D eigenvalue weighted by Crippen LogP contribution is -2.35. The van der Waals surface area contributed by atoms with Crippen molar-refractivity contribution in [3.63, 3.8) is 0 Å². The molecule has 1 fully saturated rings. The topological polar surface area (TPSA) is 95.0 Å². The highest BCUT2D eigenvalue weighted by Crippen LogP contribution is 2.41. The molecule has 0 radical (unpaired) electrons. The molecule has 2 N–H and O–H groups in total. The normalized spacial score (nSPS) is 19.5. The van der Waals surface area contributed by atoms with Crippen LogP contribution < -0.4 is 10.2 Å². The van der Waals surface area contributed by atoms with Gasteiger partial charge in [0.1, 0.15) is 0 Å². The lowest BCUT2D eigenvalue weighted by atomic mass is 9.93. The standard InChI is InChI=1S/C29H31F3N4O4/c30-29(31,32)24-10-16-36(18-26(24)40-28(38)39)25-4-3-20-1-2-21(17-23(20)25)27(37)34-13-5-19-8-14-35(15-9-19)22-6-11-33-12-7-22/h1-2,6-7,10-12,17-19,25H,3-5,8-9,13-16H2,(H,34,37)(H,38,39). The zero-order chi connectivity index (χ0) is 28.3. The Morgan fingerprint density at radius 2 is 1.85 bits per heavy atom. The Morgan fingerprint density at radius 3 is 2.55 bits per heavy atom. The second-order valence-corrected chi connectivity index (χ2v) is 10.3. The third-order valence-electron chi connectivity index (χ3n) is 7.89. The number of alkyl halides is 3. The Balaban J connectivity index is 1.18. The van der Waals surface area contributed by atoms with Crippen molar-refractivity contribution in [2.24, 2.45) is 5.92 Å². The minimum Gasteiger partial charge on any atom is -0.449 e. The summed E-state index contributed by atoms with van der Waals surface area (Å²) in [5.74, 6) is -0.406. The molecule has 1 unspecified atom stereocenters. The van der Waals surface area contributed by atoms with E-state index in [-0.39, 0.29) is 18.5 Å². The Kier molecular flexibility index (Phi) is 7.99. The first-order valence-electron chi connectivity index (χ1n) is 13.4. The van der Waals surface area contributed by atoms with Crippen LogP contribution in [0.15, 0.2) is 66.3 Å². The molecular weight excluding hydrogens is 525 g/mol. The minimum atomic E-state index is -4.73. The van der Waals surface area contributed by atoms with Gasteiger partial charge in [-0.2, -0.15) is 13.2 Å². The maximum absolute atomic E-state index is 13.4. The van der Waals surface area contributed by atoms with Crippen LogP contribution in [0.1, 0.15) is 53.2 Å². The van der Waals surface area contributed by atoms with Crippen molar-refractivity contribution in [2.45, 2.75) is 44.3 Å². The van der Waals surface area contributed by atoms with E-state index < -0.39 is 23.7 Å². The number of carboxylic acid groups (broad SMARTS) is 1. The SMILES string of the molecule is O=C(O)OC1=CN(C2CCc3ccc(C(=O)NCCC4CCN(c5ccncc5)CC4)cc32)CC=C1C(F)(F)F. The van der Waals surface area contributed by atoms with Gasteiger partial charge >= 0.3 is 12.3 Å². The van der Waals surface area contributed by atoms with E-state index >= 15 is 0 Å². The highest BCUT2D eigenvalue weighted by molar-refractivity contribution is 5.94. The number of carbonyl (C=O) groups is 2. The summed E-state index contributed by atoms with van der Waals surface area (Å²) in [6.07, 6.45) is 3.44. The molecule has 1 aliphatic carbocycles. The summed E-state index contributed by atoms with van der Waals surface area (Å²) in [6.45, 7) is 2.45. The number of nitrogens with one attached hydrogen (secondary N) is 1. The number of aromatic nitrogens is 1. The Labute approximate surface area is 230 Å². The molecule has 2 aromatic rings. The highest BCUT2D eigenvalue weighted by Gasteiger charge is 2.41. The Hall–Kier alpha value is -4.02. The first kappa shape index (κ1) is 27.5. The molecule has 1 saturated heterocycles. The molecule has 1 atom stereocenters. The Bertz CT molecular complexity index is 1300. The van der Waals surface area contributed by atoms with E-state index in [0.717, 1.165) is 55.8 Å². The van der Waals surface area contributed by atoms with Gasteiger partial charge in [-0.3, -0.25) is 9.78 Å². The minimum absolute atomic E-state index is 0.0537. The van der Waals surface area contributed by atoms with E-state index in [1.54, 1.807) is 29.4 Å². The van der Waals surface area contributed by atoms with Crippen LogP contribution in [-0.2, 0) is 11.2 Å². The number of hydrogen-bond donors (Lipinski definition) is 2. The smallest absolute Gasteiger partial charge is 0.449 e. The molecule has 3 aliphatic rings. The Morgan fingerprint density at radius 1 is 1.10 bits per heavy atom. The molecule has 1 aromatic heterocycles. The van der Waals surface area contributed by atoms with Crippen molar-refractivity contribution in [3.05, 3.63) is 83.0 Å². The van der Waals surface area contributed by atoms with Gasteiger partial charge in [-0.1, -0.05) is 6.07 Å². The van der Waals surface area contributed by atoms with E-state index in [1.807, 2.05) is 18.2 Å². The number of nitrogens with zero attached hydrogens (tertiary/aromatic N) is 3. The van der Waals surface area contributed by atoms with Gasteiger partial charge in [0.15, 0.2) is 5.76 Å². The number of pyridine rings is 1. The van der Waals surface area contributed by atoms with E-state index in [4.69, 9.17) is 5.11 Å². The number of aryl methyl sites for hydroxylation is 1. The largest absolute Gasteiger partial charge is 0.511 e. The summed E-state index contributed by atoms with van der Waals surface area (Å²) in [5, 5.41) is 12.0. The van der Waals surface area contributed by atoms with Gasteiger partial charge in [-0.15, -0.1) is 0 Å². The summed E-state index contributed by atoms with van der Waals surface area (Å²) in [4.78, 5) is 32.0. The van der Waals surface area contributed by atoms with Gasteiger partial charge in [0, 0.05) is 56.0 Å². The summed E-state index contributed by atoms with van der Waals surface area (Å²) >= 11 is 0. The van der Waals surface area contributed by atoms with Crippen molar-refractivity contribution in [2.75, 3.05) is 31.1 Å². The number of piperidine rings is 1. The van der Waals surface area contributed by atoms with Crippen LogP contribution in [0, 0.1) is 5.92 Å². The molecule has 8 nitrogen and oxygen atoms in total. The number of ether oxygens (including phenoxy) is 1. The van der Waals surface area contributed by atoms with Gasteiger partial charge in [0.05, 0.1) is 11.6 Å². The number of fused-ring (bicyclic) bond motifs is 1. The average Bonchev–Trinajstić information content (AvgIpc) is 3.36. The van der Waals surface area contributed by atoms with Crippen LogP contribution in [0.2, 0.25) is 0 Å². The fourth-order valence-electron chi connectivity index (χ4n) is 5.81. The number of halogens is 3. The summed E-state index contributed by atoms with van der Waals surface area (Å²) in [7, 11) is 0. The first-order valence-corrected chi connectivity index (χ1v) is 13.4. The number of allylic oxidation sites excluding steroid dienone is 1. The number of amides is 1. The fourth-order valence-corrected chi connectivity index (χ4v) is 5.81. The lowest BCUT2D eigenvalue weighted by molar-refractivity contribution is -0.0941. The average molecular weight is 557 g/mol. The number of rotatable bonds is 7.